The maximum Gasteiger partial charge on any atom is 0.228 e. The van der Waals surface area contributed by atoms with Crippen molar-refractivity contribution in [3.05, 3.63) is 65.2 Å². The number of nitrogens with zero attached hydrogens (tertiary/aromatic N) is 3. The lowest BCUT2D eigenvalue weighted by Crippen LogP contribution is -2.47. The summed E-state index contributed by atoms with van der Waals surface area (Å²) in [5.41, 5.74) is 4.97. The first-order valence-electron chi connectivity index (χ1n) is 10.5. The second-order valence-corrected chi connectivity index (χ2v) is 7.93. The molecule has 0 bridgehead atoms. The van der Waals surface area contributed by atoms with Gasteiger partial charge in [-0.15, -0.1) is 0 Å². The van der Waals surface area contributed by atoms with Gasteiger partial charge in [0.1, 0.15) is 6.73 Å². The highest BCUT2D eigenvalue weighted by atomic mass is 16.3. The van der Waals surface area contributed by atoms with Crippen molar-refractivity contribution in [3.8, 4) is 0 Å². The molecule has 0 aromatic heterocycles. The van der Waals surface area contributed by atoms with Crippen molar-refractivity contribution >= 4 is 11.6 Å². The van der Waals surface area contributed by atoms with Crippen LogP contribution in [-0.2, 0) is 11.2 Å². The Bertz CT molecular complexity index is 786. The van der Waals surface area contributed by atoms with Crippen molar-refractivity contribution in [2.24, 2.45) is 0 Å². The number of hydrogen-bond acceptors (Lipinski definition) is 4. The SMILES string of the molecule is Cc1ccc(C)c(N2CCN(CCCN(CO)C(=O)Cc3ccccc3)CC2)c1. The van der Waals surface area contributed by atoms with Crippen molar-refractivity contribution in [1.82, 2.24) is 9.80 Å². The van der Waals surface area contributed by atoms with Crippen LogP contribution in [0, 0.1) is 13.8 Å². The number of piperazine rings is 1. The van der Waals surface area contributed by atoms with Gasteiger partial charge >= 0.3 is 0 Å². The molecule has 1 amide bonds. The summed E-state index contributed by atoms with van der Waals surface area (Å²) in [6, 6.07) is 16.4. The molecule has 0 saturated carbocycles. The van der Waals surface area contributed by atoms with Crippen molar-refractivity contribution < 1.29 is 9.90 Å². The molecule has 3 rings (SSSR count). The summed E-state index contributed by atoms with van der Waals surface area (Å²) in [7, 11) is 0. The number of anilines is 1. The Balaban J connectivity index is 1.41. The number of aliphatic hydroxyl groups excluding tert-OH is 1. The molecular formula is C24H33N3O2. The van der Waals surface area contributed by atoms with E-state index in [0.717, 1.165) is 44.7 Å². The van der Waals surface area contributed by atoms with E-state index in [0.29, 0.717) is 13.0 Å². The zero-order valence-corrected chi connectivity index (χ0v) is 17.7. The van der Waals surface area contributed by atoms with E-state index in [1.807, 2.05) is 30.3 Å². The fraction of sp³-hybridized carbons (Fsp3) is 0.458. The van der Waals surface area contributed by atoms with E-state index in [2.05, 4.69) is 41.8 Å². The fourth-order valence-corrected chi connectivity index (χ4v) is 3.91. The molecule has 2 aromatic carbocycles. The molecule has 1 fully saturated rings. The van der Waals surface area contributed by atoms with Crippen LogP contribution in [0.25, 0.3) is 0 Å². The summed E-state index contributed by atoms with van der Waals surface area (Å²) in [6.45, 7) is 9.78. The maximum atomic E-state index is 12.4. The Morgan fingerprint density at radius 1 is 1.03 bits per heavy atom. The lowest BCUT2D eigenvalue weighted by atomic mass is 10.1. The molecule has 5 nitrogen and oxygen atoms in total. The lowest BCUT2D eigenvalue weighted by Gasteiger charge is -2.37. The molecule has 1 aliphatic rings. The molecule has 1 aliphatic heterocycles. The number of carbonyl (C=O) groups is 1. The number of aliphatic hydroxyl groups is 1. The highest BCUT2D eigenvalue weighted by Gasteiger charge is 2.19. The van der Waals surface area contributed by atoms with Crippen LogP contribution < -0.4 is 4.90 Å². The molecule has 1 saturated heterocycles. The monoisotopic (exact) mass is 395 g/mol. The Morgan fingerprint density at radius 3 is 2.45 bits per heavy atom. The van der Waals surface area contributed by atoms with Crippen molar-refractivity contribution in [2.45, 2.75) is 26.7 Å². The minimum absolute atomic E-state index is 0.0153. The number of hydrogen-bond donors (Lipinski definition) is 1. The standard InChI is InChI=1S/C24H33N3O2/c1-20-9-10-21(2)23(17-20)26-15-13-25(14-16-26)11-6-12-27(19-28)24(29)18-22-7-4-3-5-8-22/h3-5,7-10,17,28H,6,11-16,18-19H2,1-2H3. The largest absolute Gasteiger partial charge is 0.376 e. The first-order valence-corrected chi connectivity index (χ1v) is 10.5. The van der Waals surface area contributed by atoms with E-state index in [4.69, 9.17) is 0 Å². The van der Waals surface area contributed by atoms with Gasteiger partial charge in [0.25, 0.3) is 0 Å². The number of benzene rings is 2. The van der Waals surface area contributed by atoms with Crippen LogP contribution in [-0.4, -0.2) is 66.8 Å². The third kappa shape index (κ3) is 6.05. The second-order valence-electron chi connectivity index (χ2n) is 7.93. The zero-order chi connectivity index (χ0) is 20.6. The van der Waals surface area contributed by atoms with E-state index in [9.17, 15) is 9.90 Å². The number of rotatable bonds is 8. The van der Waals surface area contributed by atoms with E-state index >= 15 is 0 Å². The summed E-state index contributed by atoms with van der Waals surface area (Å²) < 4.78 is 0. The van der Waals surface area contributed by atoms with E-state index in [1.54, 1.807) is 4.90 Å². The van der Waals surface area contributed by atoms with Gasteiger partial charge in [0, 0.05) is 38.4 Å². The Labute approximate surface area is 174 Å². The van der Waals surface area contributed by atoms with Crippen molar-refractivity contribution in [3.63, 3.8) is 0 Å². The molecule has 0 atom stereocenters. The van der Waals surface area contributed by atoms with Gasteiger partial charge in [0.2, 0.25) is 5.91 Å². The van der Waals surface area contributed by atoms with Crippen LogP contribution in [0.2, 0.25) is 0 Å². The minimum atomic E-state index is -0.216. The summed E-state index contributed by atoms with van der Waals surface area (Å²) in [5.74, 6) is -0.0153. The van der Waals surface area contributed by atoms with Gasteiger partial charge in [0.05, 0.1) is 6.42 Å². The highest BCUT2D eigenvalue weighted by Crippen LogP contribution is 2.22. The number of aryl methyl sites for hydroxylation is 2. The van der Waals surface area contributed by atoms with Crippen LogP contribution in [0.5, 0.6) is 0 Å². The molecule has 0 radical (unpaired) electrons. The summed E-state index contributed by atoms with van der Waals surface area (Å²) in [5, 5.41) is 9.61. The third-order valence-electron chi connectivity index (χ3n) is 5.70. The summed E-state index contributed by atoms with van der Waals surface area (Å²) >= 11 is 0. The van der Waals surface area contributed by atoms with E-state index < -0.39 is 0 Å². The topological polar surface area (TPSA) is 47.0 Å². The van der Waals surface area contributed by atoms with Gasteiger partial charge in [-0.05, 0) is 49.6 Å². The second kappa shape index (κ2) is 10.4. The van der Waals surface area contributed by atoms with Gasteiger partial charge < -0.3 is 14.9 Å². The Kier molecular flexibility index (Phi) is 7.67. The molecule has 0 unspecified atom stereocenters. The van der Waals surface area contributed by atoms with E-state index in [-0.39, 0.29) is 12.6 Å². The Morgan fingerprint density at radius 2 is 1.76 bits per heavy atom. The van der Waals surface area contributed by atoms with Crippen molar-refractivity contribution in [1.29, 1.82) is 0 Å². The van der Waals surface area contributed by atoms with Crippen LogP contribution >= 0.6 is 0 Å². The normalized spacial score (nSPS) is 14.8. The maximum absolute atomic E-state index is 12.4. The average molecular weight is 396 g/mol. The molecule has 29 heavy (non-hydrogen) atoms. The van der Waals surface area contributed by atoms with Gasteiger partial charge in [-0.1, -0.05) is 42.5 Å². The highest BCUT2D eigenvalue weighted by molar-refractivity contribution is 5.78. The van der Waals surface area contributed by atoms with Crippen LogP contribution in [0.15, 0.2) is 48.5 Å². The molecule has 0 spiro atoms. The minimum Gasteiger partial charge on any atom is -0.376 e. The zero-order valence-electron chi connectivity index (χ0n) is 17.7. The first kappa shape index (κ1) is 21.3. The summed E-state index contributed by atoms with van der Waals surface area (Å²) in [4.78, 5) is 18.9. The fourth-order valence-electron chi connectivity index (χ4n) is 3.91. The molecule has 0 aliphatic carbocycles. The van der Waals surface area contributed by atoms with Gasteiger partial charge in [-0.2, -0.15) is 0 Å². The molecular weight excluding hydrogens is 362 g/mol. The lowest BCUT2D eigenvalue weighted by molar-refractivity contribution is -0.134. The molecule has 5 heteroatoms. The quantitative estimate of drug-likeness (QED) is 0.699. The number of amides is 1. The van der Waals surface area contributed by atoms with Gasteiger partial charge in [-0.3, -0.25) is 9.69 Å². The smallest absolute Gasteiger partial charge is 0.228 e. The molecule has 1 N–H and O–H groups in total. The Hall–Kier alpha value is -2.37. The average Bonchev–Trinajstić information content (AvgIpc) is 2.74. The molecule has 2 aromatic rings. The van der Waals surface area contributed by atoms with Gasteiger partial charge in [0.15, 0.2) is 0 Å². The molecule has 156 valence electrons. The van der Waals surface area contributed by atoms with Crippen LogP contribution in [0.4, 0.5) is 5.69 Å². The third-order valence-corrected chi connectivity index (χ3v) is 5.70. The van der Waals surface area contributed by atoms with Crippen LogP contribution in [0.3, 0.4) is 0 Å². The molecule has 1 heterocycles. The first-order chi connectivity index (χ1) is 14.1. The summed E-state index contributed by atoms with van der Waals surface area (Å²) in [6.07, 6.45) is 1.22. The van der Waals surface area contributed by atoms with E-state index in [1.165, 1.54) is 16.8 Å². The van der Waals surface area contributed by atoms with Crippen molar-refractivity contribution in [2.75, 3.05) is 50.9 Å². The number of carbonyl (C=O) groups excluding carboxylic acids is 1. The van der Waals surface area contributed by atoms with Gasteiger partial charge in [-0.25, -0.2) is 0 Å². The predicted octanol–water partition coefficient (Wildman–Crippen LogP) is 2.84. The predicted molar refractivity (Wildman–Crippen MR) is 118 cm³/mol. The van der Waals surface area contributed by atoms with Crippen LogP contribution in [0.1, 0.15) is 23.1 Å².